The Morgan fingerprint density at radius 1 is 0.971 bits per heavy atom. The van der Waals surface area contributed by atoms with Crippen LogP contribution >= 0.6 is 0 Å². The highest BCUT2D eigenvalue weighted by molar-refractivity contribution is 5.86. The van der Waals surface area contributed by atoms with E-state index in [9.17, 15) is 15.0 Å². The SMILES string of the molecule is CCOc1cc(C2C3C(NNC3c3cc(C)cc(C)c3O)C(=O)N2Cc2ccccc2)ccc1O. The second-order valence-corrected chi connectivity index (χ2v) is 9.40. The minimum atomic E-state index is -0.460. The highest BCUT2D eigenvalue weighted by atomic mass is 16.5. The Bertz CT molecular complexity index is 1250. The van der Waals surface area contributed by atoms with Gasteiger partial charge in [0.25, 0.3) is 0 Å². The standard InChI is InChI=1S/C28H31N3O4/c1-4-35-22-14-19(10-11-21(22)32)26-23-24(20-13-16(2)12-17(3)27(20)33)29-30-25(23)28(34)31(26)15-18-8-6-5-7-9-18/h5-14,23-26,29-30,32-33H,4,15H2,1-3H3. The Hall–Kier alpha value is -3.55. The Labute approximate surface area is 205 Å². The number of likely N-dealkylation sites (tertiary alicyclic amines) is 1. The van der Waals surface area contributed by atoms with Crippen molar-refractivity contribution in [3.63, 3.8) is 0 Å². The highest BCUT2D eigenvalue weighted by Crippen LogP contribution is 2.50. The third-order valence-corrected chi connectivity index (χ3v) is 7.04. The minimum absolute atomic E-state index is 0.00578. The van der Waals surface area contributed by atoms with E-state index in [1.54, 1.807) is 6.07 Å². The van der Waals surface area contributed by atoms with Crippen molar-refractivity contribution in [2.24, 2.45) is 5.92 Å². The molecule has 4 N–H and O–H groups in total. The number of amides is 1. The van der Waals surface area contributed by atoms with Gasteiger partial charge in [0, 0.05) is 18.0 Å². The molecule has 35 heavy (non-hydrogen) atoms. The summed E-state index contributed by atoms with van der Waals surface area (Å²) in [6, 6.07) is 18.1. The first-order valence-corrected chi connectivity index (χ1v) is 12.0. The number of carbonyl (C=O) groups is 1. The molecule has 2 heterocycles. The summed E-state index contributed by atoms with van der Waals surface area (Å²) in [6.07, 6.45) is 0. The number of hydrogen-bond donors (Lipinski definition) is 4. The zero-order chi connectivity index (χ0) is 24.7. The predicted octanol–water partition coefficient (Wildman–Crippen LogP) is 4.03. The van der Waals surface area contributed by atoms with Crippen molar-refractivity contribution in [2.45, 2.75) is 45.4 Å². The lowest BCUT2D eigenvalue weighted by atomic mass is 9.82. The molecule has 3 aromatic rings. The number of hydrazine groups is 1. The van der Waals surface area contributed by atoms with Gasteiger partial charge in [-0.1, -0.05) is 54.1 Å². The highest BCUT2D eigenvalue weighted by Gasteiger charge is 2.56. The quantitative estimate of drug-likeness (QED) is 0.432. The maximum Gasteiger partial charge on any atom is 0.242 e. The van der Waals surface area contributed by atoms with Gasteiger partial charge >= 0.3 is 0 Å². The summed E-state index contributed by atoms with van der Waals surface area (Å²) in [4.78, 5) is 15.6. The van der Waals surface area contributed by atoms with Crippen LogP contribution in [0.25, 0.3) is 0 Å². The van der Waals surface area contributed by atoms with Gasteiger partial charge in [0.1, 0.15) is 11.8 Å². The number of benzene rings is 3. The van der Waals surface area contributed by atoms with Gasteiger partial charge in [-0.2, -0.15) is 0 Å². The molecule has 2 fully saturated rings. The molecular weight excluding hydrogens is 442 g/mol. The molecule has 5 rings (SSSR count). The lowest BCUT2D eigenvalue weighted by molar-refractivity contribution is -0.131. The lowest BCUT2D eigenvalue weighted by Gasteiger charge is -2.32. The molecule has 0 aliphatic carbocycles. The Morgan fingerprint density at radius 3 is 2.46 bits per heavy atom. The van der Waals surface area contributed by atoms with Gasteiger partial charge in [-0.05, 0) is 49.6 Å². The van der Waals surface area contributed by atoms with Gasteiger partial charge in [-0.25, -0.2) is 10.9 Å². The largest absolute Gasteiger partial charge is 0.507 e. The van der Waals surface area contributed by atoms with Crippen molar-refractivity contribution in [1.29, 1.82) is 0 Å². The van der Waals surface area contributed by atoms with E-state index in [2.05, 4.69) is 10.9 Å². The van der Waals surface area contributed by atoms with Gasteiger partial charge in [-0.15, -0.1) is 0 Å². The number of phenols is 2. The van der Waals surface area contributed by atoms with Crippen molar-refractivity contribution in [3.05, 3.63) is 88.5 Å². The van der Waals surface area contributed by atoms with Crippen molar-refractivity contribution < 1.29 is 19.7 Å². The predicted molar refractivity (Wildman–Crippen MR) is 133 cm³/mol. The van der Waals surface area contributed by atoms with E-state index < -0.39 is 6.04 Å². The van der Waals surface area contributed by atoms with E-state index in [-0.39, 0.29) is 35.4 Å². The van der Waals surface area contributed by atoms with E-state index in [1.165, 1.54) is 0 Å². The molecule has 1 amide bonds. The number of aromatic hydroxyl groups is 2. The first kappa shape index (κ1) is 23.2. The maximum absolute atomic E-state index is 13.7. The van der Waals surface area contributed by atoms with Gasteiger partial charge in [0.2, 0.25) is 5.91 Å². The summed E-state index contributed by atoms with van der Waals surface area (Å²) in [7, 11) is 0. The fraction of sp³-hybridized carbons (Fsp3) is 0.321. The van der Waals surface area contributed by atoms with Crippen LogP contribution in [0.15, 0.2) is 60.7 Å². The Balaban J connectivity index is 1.62. The number of rotatable bonds is 6. The zero-order valence-electron chi connectivity index (χ0n) is 20.2. The van der Waals surface area contributed by atoms with E-state index >= 15 is 0 Å². The van der Waals surface area contributed by atoms with Gasteiger partial charge in [-0.3, -0.25) is 4.79 Å². The summed E-state index contributed by atoms with van der Waals surface area (Å²) < 4.78 is 5.67. The molecule has 3 aromatic carbocycles. The monoisotopic (exact) mass is 473 g/mol. The van der Waals surface area contributed by atoms with Crippen LogP contribution in [0, 0.1) is 19.8 Å². The number of carbonyl (C=O) groups excluding carboxylic acids is 1. The third-order valence-electron chi connectivity index (χ3n) is 7.04. The average Bonchev–Trinajstić information content (AvgIpc) is 3.38. The smallest absolute Gasteiger partial charge is 0.242 e. The Kier molecular flexibility index (Phi) is 6.13. The van der Waals surface area contributed by atoms with E-state index in [0.29, 0.717) is 18.9 Å². The molecule has 2 aliphatic heterocycles. The zero-order valence-corrected chi connectivity index (χ0v) is 20.2. The number of phenolic OH excluding ortho intramolecular Hbond substituents is 2. The minimum Gasteiger partial charge on any atom is -0.507 e. The number of hydrogen-bond acceptors (Lipinski definition) is 6. The van der Waals surface area contributed by atoms with Gasteiger partial charge < -0.3 is 19.8 Å². The second kappa shape index (κ2) is 9.24. The first-order valence-electron chi connectivity index (χ1n) is 12.0. The molecule has 0 bridgehead atoms. The van der Waals surface area contributed by atoms with Gasteiger partial charge in [0.15, 0.2) is 11.5 Å². The van der Waals surface area contributed by atoms with Crippen LogP contribution in [0.3, 0.4) is 0 Å². The number of fused-ring (bicyclic) bond motifs is 1. The summed E-state index contributed by atoms with van der Waals surface area (Å²) in [5.74, 6) is 0.498. The van der Waals surface area contributed by atoms with E-state index in [4.69, 9.17) is 4.74 Å². The normalized spacial score (nSPS) is 23.5. The van der Waals surface area contributed by atoms with Crippen LogP contribution < -0.4 is 15.6 Å². The van der Waals surface area contributed by atoms with Crippen LogP contribution in [0.4, 0.5) is 0 Å². The fourth-order valence-corrected chi connectivity index (χ4v) is 5.54. The molecule has 7 nitrogen and oxygen atoms in total. The van der Waals surface area contributed by atoms with Crippen LogP contribution in [-0.4, -0.2) is 33.7 Å². The molecule has 2 aliphatic rings. The molecule has 0 saturated carbocycles. The molecule has 4 atom stereocenters. The molecule has 0 radical (unpaired) electrons. The summed E-state index contributed by atoms with van der Waals surface area (Å²) in [5.41, 5.74) is 11.0. The topological polar surface area (TPSA) is 94.1 Å². The molecule has 7 heteroatoms. The van der Waals surface area contributed by atoms with Crippen LogP contribution in [0.1, 0.15) is 46.8 Å². The van der Waals surface area contributed by atoms with Gasteiger partial charge in [0.05, 0.1) is 18.7 Å². The van der Waals surface area contributed by atoms with Crippen molar-refractivity contribution in [3.8, 4) is 17.2 Å². The first-order chi connectivity index (χ1) is 16.9. The summed E-state index contributed by atoms with van der Waals surface area (Å²) in [5, 5.41) is 21.3. The molecule has 4 unspecified atom stereocenters. The average molecular weight is 474 g/mol. The van der Waals surface area contributed by atoms with E-state index in [1.807, 2.05) is 80.3 Å². The lowest BCUT2D eigenvalue weighted by Crippen LogP contribution is -2.41. The van der Waals surface area contributed by atoms with Crippen LogP contribution in [-0.2, 0) is 11.3 Å². The van der Waals surface area contributed by atoms with E-state index in [0.717, 1.165) is 27.8 Å². The second-order valence-electron chi connectivity index (χ2n) is 9.40. The molecule has 182 valence electrons. The van der Waals surface area contributed by atoms with Crippen LogP contribution in [0.2, 0.25) is 0 Å². The summed E-state index contributed by atoms with van der Waals surface area (Å²) in [6.45, 7) is 6.63. The van der Waals surface area contributed by atoms with Crippen molar-refractivity contribution in [1.82, 2.24) is 15.8 Å². The number of aryl methyl sites for hydroxylation is 2. The molecular formula is C28H31N3O4. The number of nitrogens with zero attached hydrogens (tertiary/aromatic N) is 1. The van der Waals surface area contributed by atoms with Crippen LogP contribution in [0.5, 0.6) is 17.2 Å². The number of nitrogens with one attached hydrogen (secondary N) is 2. The molecule has 0 spiro atoms. The summed E-state index contributed by atoms with van der Waals surface area (Å²) >= 11 is 0. The van der Waals surface area contributed by atoms with Crippen molar-refractivity contribution in [2.75, 3.05) is 6.61 Å². The molecule has 0 aromatic heterocycles. The molecule has 2 saturated heterocycles. The maximum atomic E-state index is 13.7. The Morgan fingerprint density at radius 2 is 1.71 bits per heavy atom. The van der Waals surface area contributed by atoms with Crippen molar-refractivity contribution >= 4 is 5.91 Å². The fourth-order valence-electron chi connectivity index (χ4n) is 5.54. The number of ether oxygens (including phenoxy) is 1. The third kappa shape index (κ3) is 4.11.